The second-order valence-corrected chi connectivity index (χ2v) is 6.98. The zero-order chi connectivity index (χ0) is 19.2. The molecule has 3 heterocycles. The van der Waals surface area contributed by atoms with E-state index in [1.807, 2.05) is 36.7 Å². The van der Waals surface area contributed by atoms with Crippen LogP contribution < -0.4 is 0 Å². The lowest BCUT2D eigenvalue weighted by Crippen LogP contribution is -2.22. The highest BCUT2D eigenvalue weighted by Gasteiger charge is 2.14. The Kier molecular flexibility index (Phi) is 5.64. The summed E-state index contributed by atoms with van der Waals surface area (Å²) in [5.74, 6) is 0.957. The molecule has 0 N–H and O–H groups in total. The van der Waals surface area contributed by atoms with Crippen LogP contribution in [-0.4, -0.2) is 19.7 Å². The fourth-order valence-corrected chi connectivity index (χ4v) is 3.34. The summed E-state index contributed by atoms with van der Waals surface area (Å²) in [6.07, 6.45) is 7.43. The van der Waals surface area contributed by atoms with E-state index < -0.39 is 0 Å². The summed E-state index contributed by atoms with van der Waals surface area (Å²) in [7, 11) is 0. The Morgan fingerprint density at radius 2 is 1.75 bits per heavy atom. The molecule has 0 saturated heterocycles. The third-order valence-corrected chi connectivity index (χ3v) is 4.86. The monoisotopic (exact) mass is 372 g/mol. The minimum Gasteiger partial charge on any atom is -0.468 e. The van der Waals surface area contributed by atoms with Crippen molar-refractivity contribution in [1.29, 1.82) is 0 Å². The van der Waals surface area contributed by atoms with Crippen molar-refractivity contribution in [1.82, 2.24) is 19.7 Å². The molecule has 5 nitrogen and oxygen atoms in total. The van der Waals surface area contributed by atoms with Gasteiger partial charge in [-0.2, -0.15) is 5.10 Å². The summed E-state index contributed by atoms with van der Waals surface area (Å²) in [4.78, 5) is 6.60. The van der Waals surface area contributed by atoms with Gasteiger partial charge < -0.3 is 4.42 Å². The van der Waals surface area contributed by atoms with Crippen LogP contribution in [0.4, 0.5) is 0 Å². The molecular weight excluding hydrogens is 348 g/mol. The van der Waals surface area contributed by atoms with Gasteiger partial charge in [-0.15, -0.1) is 0 Å². The summed E-state index contributed by atoms with van der Waals surface area (Å²) < 4.78 is 7.64. The van der Waals surface area contributed by atoms with Crippen LogP contribution in [0.5, 0.6) is 0 Å². The molecule has 0 unspecified atom stereocenters. The van der Waals surface area contributed by atoms with E-state index in [0.717, 1.165) is 31.9 Å². The predicted molar refractivity (Wildman–Crippen MR) is 108 cm³/mol. The molecule has 0 amide bonds. The van der Waals surface area contributed by atoms with Gasteiger partial charge in [0.15, 0.2) is 0 Å². The van der Waals surface area contributed by atoms with Crippen molar-refractivity contribution < 1.29 is 4.42 Å². The number of furan rings is 1. The number of nitrogens with zero attached hydrogens (tertiary/aromatic N) is 4. The van der Waals surface area contributed by atoms with Crippen LogP contribution in [0.15, 0.2) is 83.9 Å². The third kappa shape index (κ3) is 4.56. The van der Waals surface area contributed by atoms with Crippen molar-refractivity contribution >= 4 is 0 Å². The van der Waals surface area contributed by atoms with Crippen molar-refractivity contribution in [2.45, 2.75) is 33.1 Å². The van der Waals surface area contributed by atoms with Crippen LogP contribution in [0.25, 0.3) is 0 Å². The molecule has 0 saturated carbocycles. The van der Waals surface area contributed by atoms with Crippen LogP contribution in [0.1, 0.15) is 28.1 Å². The van der Waals surface area contributed by atoms with E-state index in [0.29, 0.717) is 0 Å². The second-order valence-electron chi connectivity index (χ2n) is 6.98. The zero-order valence-electron chi connectivity index (χ0n) is 16.0. The van der Waals surface area contributed by atoms with E-state index >= 15 is 0 Å². The van der Waals surface area contributed by atoms with E-state index in [1.54, 1.807) is 12.5 Å². The first kappa shape index (κ1) is 18.2. The molecule has 0 fully saturated rings. The number of hydrogen-bond acceptors (Lipinski definition) is 4. The van der Waals surface area contributed by atoms with Gasteiger partial charge in [0.05, 0.1) is 25.5 Å². The maximum Gasteiger partial charge on any atom is 0.117 e. The van der Waals surface area contributed by atoms with Gasteiger partial charge in [0.25, 0.3) is 0 Å². The second kappa shape index (κ2) is 8.67. The first-order chi connectivity index (χ1) is 13.8. The molecule has 0 atom stereocenters. The van der Waals surface area contributed by atoms with E-state index in [2.05, 4.69) is 56.9 Å². The van der Waals surface area contributed by atoms with Crippen LogP contribution in [-0.2, 0) is 26.2 Å². The smallest absolute Gasteiger partial charge is 0.117 e. The first-order valence-corrected chi connectivity index (χ1v) is 9.47. The van der Waals surface area contributed by atoms with Crippen molar-refractivity contribution in [3.63, 3.8) is 0 Å². The molecule has 3 aromatic heterocycles. The number of benzene rings is 1. The van der Waals surface area contributed by atoms with Crippen molar-refractivity contribution in [2.75, 3.05) is 0 Å². The average molecular weight is 372 g/mol. The normalized spacial score (nSPS) is 11.2. The number of pyridine rings is 1. The lowest BCUT2D eigenvalue weighted by molar-refractivity contribution is 0.226. The Hall–Kier alpha value is -3.18. The molecule has 0 aliphatic heterocycles. The summed E-state index contributed by atoms with van der Waals surface area (Å²) in [5, 5.41) is 4.62. The van der Waals surface area contributed by atoms with Crippen LogP contribution in [0.2, 0.25) is 0 Å². The quantitative estimate of drug-likeness (QED) is 0.459. The van der Waals surface area contributed by atoms with Gasteiger partial charge in [-0.1, -0.05) is 36.4 Å². The number of aromatic nitrogens is 3. The Morgan fingerprint density at radius 3 is 2.50 bits per heavy atom. The van der Waals surface area contributed by atoms with Gasteiger partial charge in [0, 0.05) is 36.7 Å². The summed E-state index contributed by atoms with van der Waals surface area (Å²) in [5.41, 5.74) is 4.86. The maximum atomic E-state index is 5.58. The van der Waals surface area contributed by atoms with E-state index in [-0.39, 0.29) is 0 Å². The highest BCUT2D eigenvalue weighted by Crippen LogP contribution is 2.17. The highest BCUT2D eigenvalue weighted by atomic mass is 16.3. The standard InChI is InChI=1S/C23H24N4O/c1-19-22(14-25-27(19)16-20-7-3-2-4-8-20)17-26(18-23-10-6-12-28-23)15-21-9-5-11-24-13-21/h2-14H,15-18H2,1H3. The van der Waals surface area contributed by atoms with E-state index in [1.165, 1.54) is 22.4 Å². The van der Waals surface area contributed by atoms with Gasteiger partial charge in [-0.25, -0.2) is 0 Å². The maximum absolute atomic E-state index is 5.58. The summed E-state index contributed by atoms with van der Waals surface area (Å²) in [6, 6.07) is 18.5. The molecule has 0 bridgehead atoms. The molecule has 0 spiro atoms. The largest absolute Gasteiger partial charge is 0.468 e. The minimum absolute atomic E-state index is 0.741. The summed E-state index contributed by atoms with van der Waals surface area (Å²) >= 11 is 0. The average Bonchev–Trinajstić information content (AvgIpc) is 3.35. The van der Waals surface area contributed by atoms with Gasteiger partial charge in [0.1, 0.15) is 5.76 Å². The van der Waals surface area contributed by atoms with Crippen LogP contribution in [0, 0.1) is 6.92 Å². The van der Waals surface area contributed by atoms with Crippen LogP contribution in [0.3, 0.4) is 0 Å². The fraction of sp³-hybridized carbons (Fsp3) is 0.217. The van der Waals surface area contributed by atoms with Gasteiger partial charge in [-0.3, -0.25) is 14.6 Å². The molecule has 28 heavy (non-hydrogen) atoms. The van der Waals surface area contributed by atoms with E-state index in [9.17, 15) is 0 Å². The number of hydrogen-bond donors (Lipinski definition) is 0. The molecular formula is C23H24N4O. The lowest BCUT2D eigenvalue weighted by atomic mass is 10.2. The van der Waals surface area contributed by atoms with Gasteiger partial charge in [0.2, 0.25) is 0 Å². The first-order valence-electron chi connectivity index (χ1n) is 9.47. The Balaban J connectivity index is 1.51. The van der Waals surface area contributed by atoms with Crippen molar-refractivity contribution in [2.24, 2.45) is 0 Å². The van der Waals surface area contributed by atoms with E-state index in [4.69, 9.17) is 4.42 Å². The highest BCUT2D eigenvalue weighted by molar-refractivity contribution is 5.20. The Labute approximate surface area is 165 Å². The molecule has 0 aliphatic carbocycles. The predicted octanol–water partition coefficient (Wildman–Crippen LogP) is 4.43. The van der Waals surface area contributed by atoms with Crippen molar-refractivity contribution in [3.05, 3.63) is 108 Å². The van der Waals surface area contributed by atoms with Gasteiger partial charge >= 0.3 is 0 Å². The summed E-state index contributed by atoms with van der Waals surface area (Å²) in [6.45, 7) is 5.27. The Morgan fingerprint density at radius 1 is 0.893 bits per heavy atom. The molecule has 4 aromatic rings. The third-order valence-electron chi connectivity index (χ3n) is 4.86. The molecule has 5 heteroatoms. The molecule has 142 valence electrons. The zero-order valence-corrected chi connectivity index (χ0v) is 16.0. The molecule has 4 rings (SSSR count). The molecule has 0 radical (unpaired) electrons. The minimum atomic E-state index is 0.741. The van der Waals surface area contributed by atoms with Crippen LogP contribution >= 0.6 is 0 Å². The number of rotatable bonds is 8. The SMILES string of the molecule is Cc1c(CN(Cc2cccnc2)Cc2ccco2)cnn1Cc1ccccc1. The fourth-order valence-electron chi connectivity index (χ4n) is 3.34. The molecule has 0 aliphatic rings. The van der Waals surface area contributed by atoms with Crippen molar-refractivity contribution in [3.8, 4) is 0 Å². The molecule has 1 aromatic carbocycles. The lowest BCUT2D eigenvalue weighted by Gasteiger charge is -2.21. The Bertz CT molecular complexity index is 978. The van der Waals surface area contributed by atoms with Gasteiger partial charge in [-0.05, 0) is 36.2 Å². The topological polar surface area (TPSA) is 47.1 Å².